The number of carbonyl (C=O) groups excluding carboxylic acids is 2. The molecule has 1 saturated heterocycles. The van der Waals surface area contributed by atoms with Crippen LogP contribution in [-0.4, -0.2) is 74.8 Å². The highest BCUT2D eigenvalue weighted by molar-refractivity contribution is 7.89. The Bertz CT molecular complexity index is 1360. The number of benzene rings is 2. The first kappa shape index (κ1) is 32.8. The predicted molar refractivity (Wildman–Crippen MR) is 160 cm³/mol. The van der Waals surface area contributed by atoms with Crippen molar-refractivity contribution in [1.82, 2.24) is 20.3 Å². The van der Waals surface area contributed by atoms with Crippen LogP contribution in [0, 0.1) is 17.8 Å². The number of halogens is 1. The molecule has 2 aliphatic rings. The largest absolute Gasteiger partial charge is 0.480 e. The summed E-state index contributed by atoms with van der Waals surface area (Å²) in [7, 11) is -3.95. The van der Waals surface area contributed by atoms with Gasteiger partial charge in [0.15, 0.2) is 0 Å². The summed E-state index contributed by atoms with van der Waals surface area (Å²) in [5.74, 6) is 2.49. The number of hydrogen-bond donors (Lipinski definition) is 5. The zero-order valence-electron chi connectivity index (χ0n) is 23.0. The summed E-state index contributed by atoms with van der Waals surface area (Å²) < 4.78 is 29.2. The van der Waals surface area contributed by atoms with E-state index in [1.54, 1.807) is 18.5 Å². The molecule has 1 saturated carbocycles. The molecular weight excluding hydrogens is 584 g/mol. The molecule has 2 aromatic carbocycles. The van der Waals surface area contributed by atoms with Crippen LogP contribution in [0.2, 0.25) is 0 Å². The third-order valence-corrected chi connectivity index (χ3v) is 9.00. The molecule has 14 heteroatoms. The van der Waals surface area contributed by atoms with E-state index in [9.17, 15) is 22.8 Å². The van der Waals surface area contributed by atoms with E-state index in [1.165, 1.54) is 12.1 Å². The molecular formula is C28H37ClN6O6S. The quantitative estimate of drug-likeness (QED) is 0.0962. The van der Waals surface area contributed by atoms with Crippen molar-refractivity contribution in [3.63, 3.8) is 0 Å². The number of likely N-dealkylation sites (tertiary alicyclic amines) is 1. The highest BCUT2D eigenvalue weighted by Gasteiger charge is 2.56. The van der Waals surface area contributed by atoms with Crippen molar-refractivity contribution in [2.75, 3.05) is 26.2 Å². The second kappa shape index (κ2) is 15.0. The van der Waals surface area contributed by atoms with Gasteiger partial charge in [0.25, 0.3) is 0 Å². The van der Waals surface area contributed by atoms with Crippen molar-refractivity contribution >= 4 is 46.6 Å². The van der Waals surface area contributed by atoms with E-state index in [4.69, 9.17) is 10.9 Å². The lowest BCUT2D eigenvalue weighted by Gasteiger charge is -2.31. The van der Waals surface area contributed by atoms with E-state index in [0.29, 0.717) is 13.1 Å². The molecule has 1 heterocycles. The maximum atomic E-state index is 13.2. The minimum absolute atomic E-state index is 0. The Balaban J connectivity index is 0.00000484. The van der Waals surface area contributed by atoms with E-state index >= 15 is 0 Å². The Morgan fingerprint density at radius 1 is 1.05 bits per heavy atom. The summed E-state index contributed by atoms with van der Waals surface area (Å²) in [6.45, 7) is 1.47. The average Bonchev–Trinajstić information content (AvgIpc) is 3.65. The van der Waals surface area contributed by atoms with Crippen LogP contribution in [0.4, 0.5) is 0 Å². The van der Waals surface area contributed by atoms with Crippen LogP contribution in [0.5, 0.6) is 0 Å². The number of hydrazone groups is 1. The number of hydrogen-bond acceptors (Lipinski definition) is 7. The summed E-state index contributed by atoms with van der Waals surface area (Å²) in [6.07, 6.45) is 3.66. The van der Waals surface area contributed by atoms with E-state index in [1.807, 2.05) is 35.2 Å². The summed E-state index contributed by atoms with van der Waals surface area (Å²) in [4.78, 5) is 38.1. The number of nitrogens with one attached hydrogen (secondary N) is 3. The van der Waals surface area contributed by atoms with E-state index in [0.717, 1.165) is 30.5 Å². The van der Waals surface area contributed by atoms with Crippen LogP contribution in [0.3, 0.4) is 0 Å². The number of nitrogens with two attached hydrogens (primary N) is 1. The van der Waals surface area contributed by atoms with Gasteiger partial charge in [0.1, 0.15) is 12.9 Å². The first-order chi connectivity index (χ1) is 19.7. The molecule has 2 unspecified atom stereocenters. The number of rotatable bonds is 13. The smallest absolute Gasteiger partial charge is 0.322 e. The Morgan fingerprint density at radius 3 is 2.40 bits per heavy atom. The molecule has 0 spiro atoms. The number of piperidine rings is 1. The van der Waals surface area contributed by atoms with Gasteiger partial charge in [-0.1, -0.05) is 42.5 Å². The molecule has 2 amide bonds. The monoisotopic (exact) mass is 620 g/mol. The van der Waals surface area contributed by atoms with Gasteiger partial charge in [0, 0.05) is 32.1 Å². The Kier molecular flexibility index (Phi) is 11.7. The van der Waals surface area contributed by atoms with Crippen LogP contribution in [0.15, 0.2) is 64.6 Å². The number of carbonyl (C=O) groups is 3. The van der Waals surface area contributed by atoms with Gasteiger partial charge in [-0.15, -0.1) is 12.4 Å². The maximum Gasteiger partial charge on any atom is 0.322 e. The van der Waals surface area contributed by atoms with Gasteiger partial charge >= 0.3 is 5.97 Å². The van der Waals surface area contributed by atoms with Gasteiger partial charge in [-0.25, -0.2) is 13.1 Å². The minimum Gasteiger partial charge on any atom is -0.480 e. The predicted octanol–water partition coefficient (Wildman–Crippen LogP) is 1.38. The lowest BCUT2D eigenvalue weighted by Crippen LogP contribution is -2.41. The fourth-order valence-corrected chi connectivity index (χ4v) is 6.65. The summed E-state index contributed by atoms with van der Waals surface area (Å²) >= 11 is 0. The highest BCUT2D eigenvalue weighted by atomic mass is 35.5. The fourth-order valence-electron chi connectivity index (χ4n) is 5.34. The van der Waals surface area contributed by atoms with Gasteiger partial charge in [0.2, 0.25) is 21.8 Å². The van der Waals surface area contributed by atoms with E-state index < -0.39 is 46.3 Å². The highest BCUT2D eigenvalue weighted by Crippen LogP contribution is 2.44. The number of aliphatic carboxylic acids is 1. The maximum absolute atomic E-state index is 13.2. The van der Waals surface area contributed by atoms with E-state index in [-0.39, 0.29) is 42.0 Å². The molecule has 6 N–H and O–H groups in total. The second-order valence-corrected chi connectivity index (χ2v) is 12.2. The molecule has 0 radical (unpaired) electrons. The Labute approximate surface area is 251 Å². The topological polar surface area (TPSA) is 183 Å². The summed E-state index contributed by atoms with van der Waals surface area (Å²) in [5.41, 5.74) is 1.83. The number of sulfonamides is 1. The fraction of sp³-hybridized carbons (Fsp3) is 0.429. The van der Waals surface area contributed by atoms with Crippen molar-refractivity contribution in [2.24, 2.45) is 28.7 Å². The lowest BCUT2D eigenvalue weighted by atomic mass is 9.98. The molecule has 0 aromatic heterocycles. The van der Waals surface area contributed by atoms with Crippen molar-refractivity contribution in [3.8, 4) is 11.1 Å². The third-order valence-electron chi connectivity index (χ3n) is 7.52. The molecule has 228 valence electrons. The van der Waals surface area contributed by atoms with E-state index in [2.05, 4.69) is 20.5 Å². The molecule has 42 heavy (non-hydrogen) atoms. The van der Waals surface area contributed by atoms with Crippen LogP contribution < -0.4 is 21.2 Å². The zero-order chi connectivity index (χ0) is 29.4. The molecule has 2 fully saturated rings. The Morgan fingerprint density at radius 2 is 1.74 bits per heavy atom. The second-order valence-electron chi connectivity index (χ2n) is 10.4. The molecule has 0 bridgehead atoms. The van der Waals surface area contributed by atoms with Crippen molar-refractivity contribution in [2.45, 2.75) is 36.6 Å². The minimum atomic E-state index is -3.95. The first-order valence-corrected chi connectivity index (χ1v) is 15.1. The van der Waals surface area contributed by atoms with Crippen molar-refractivity contribution in [3.05, 3.63) is 54.6 Å². The van der Waals surface area contributed by atoms with Crippen LogP contribution >= 0.6 is 12.4 Å². The molecule has 1 aliphatic carbocycles. The molecule has 1 aliphatic heterocycles. The number of nitrogens with zero attached hydrogens (tertiary/aromatic N) is 2. The van der Waals surface area contributed by atoms with Gasteiger partial charge in [-0.2, -0.15) is 5.10 Å². The van der Waals surface area contributed by atoms with Crippen molar-refractivity contribution < 1.29 is 27.9 Å². The zero-order valence-corrected chi connectivity index (χ0v) is 24.6. The van der Waals surface area contributed by atoms with Gasteiger partial charge in [-0.3, -0.25) is 14.4 Å². The van der Waals surface area contributed by atoms with Crippen LogP contribution in [-0.2, 0) is 24.4 Å². The number of carboxylic acid groups (broad SMARTS) is 1. The van der Waals surface area contributed by atoms with Crippen molar-refractivity contribution in [1.29, 1.82) is 0 Å². The number of carboxylic acids is 1. The van der Waals surface area contributed by atoms with Crippen LogP contribution in [0.25, 0.3) is 11.1 Å². The lowest BCUT2D eigenvalue weighted by molar-refractivity contribution is -0.137. The summed E-state index contributed by atoms with van der Waals surface area (Å²) in [5, 5.41) is 17.6. The van der Waals surface area contributed by atoms with Crippen LogP contribution in [0.1, 0.15) is 25.7 Å². The molecule has 4 atom stereocenters. The Hall–Kier alpha value is -3.68. The first-order valence-electron chi connectivity index (χ1n) is 13.6. The van der Waals surface area contributed by atoms with Gasteiger partial charge in [-0.05, 0) is 54.4 Å². The summed E-state index contributed by atoms with van der Waals surface area (Å²) in [6, 6.07) is 15.4. The number of amides is 2. The van der Waals surface area contributed by atoms with Gasteiger partial charge in [0.05, 0.1) is 10.8 Å². The standard InChI is InChI=1S/C28H36N6O6S.ClH/c29-32-18-34-14-4-5-19(17-34)15-31-28(38)26-23(12-13-24(35)30-16-25(36)37)27(26)33-41(39,40)22-10-8-21(9-11-22)20-6-2-1-3-7-20;/h1-3,6-11,18-19,23,26-27,33H,4-5,12-17,29H2,(H,30,35)(H,31,38)(H,36,37);1H/t19-,23?,26?,27-;/m0./s1. The normalized spacial score (nSPS) is 21.8. The molecule has 12 nitrogen and oxygen atoms in total. The average molecular weight is 621 g/mol. The third kappa shape index (κ3) is 8.91. The SMILES string of the molecule is Cl.NN=CN1CCC[C@@H](CNC(=O)C2C(CCC(=O)NCC(=O)O)[C@@H]2NS(=O)(=O)c2ccc(-c3ccccc3)cc2)C1. The molecule has 2 aromatic rings. The van der Waals surface area contributed by atoms with Gasteiger partial charge < -0.3 is 26.5 Å². The molecule has 4 rings (SSSR count).